The molecule has 0 saturated heterocycles. The zero-order valence-corrected chi connectivity index (χ0v) is 9.27. The molecule has 5 heteroatoms. The molecule has 0 spiro atoms. The van der Waals surface area contributed by atoms with Gasteiger partial charge in [-0.2, -0.15) is 0 Å². The van der Waals surface area contributed by atoms with Crippen molar-refractivity contribution in [3.05, 3.63) is 42.5 Å². The average molecular weight is 234 g/mol. The van der Waals surface area contributed by atoms with Crippen LogP contribution in [0.1, 0.15) is 12.0 Å². The Morgan fingerprint density at radius 3 is 2.35 bits per heavy atom. The summed E-state index contributed by atoms with van der Waals surface area (Å²) in [6.07, 6.45) is 1.73. The number of phenolic OH excluding ortho intramolecular Hbond substituents is 1. The van der Waals surface area contributed by atoms with Gasteiger partial charge in [0, 0.05) is 6.42 Å². The second kappa shape index (κ2) is 6.32. The molecule has 0 bridgehead atoms. The van der Waals surface area contributed by atoms with Gasteiger partial charge >= 0.3 is 0 Å². The number of amides is 2. The van der Waals surface area contributed by atoms with Crippen molar-refractivity contribution in [2.45, 2.75) is 12.8 Å². The molecule has 0 aliphatic rings. The van der Waals surface area contributed by atoms with E-state index < -0.39 is 0 Å². The predicted molar refractivity (Wildman–Crippen MR) is 62.9 cm³/mol. The molecular formula is C12H14N2O3. The lowest BCUT2D eigenvalue weighted by Gasteiger charge is -2.06. The highest BCUT2D eigenvalue weighted by Crippen LogP contribution is 2.09. The van der Waals surface area contributed by atoms with E-state index in [4.69, 9.17) is 5.11 Å². The molecule has 2 amide bonds. The quantitative estimate of drug-likeness (QED) is 0.529. The molecule has 1 aromatic rings. The Morgan fingerprint density at radius 2 is 1.76 bits per heavy atom. The van der Waals surface area contributed by atoms with Gasteiger partial charge in [-0.05, 0) is 17.7 Å². The van der Waals surface area contributed by atoms with Crippen molar-refractivity contribution in [3.63, 3.8) is 0 Å². The Hall–Kier alpha value is -2.30. The third-order valence-corrected chi connectivity index (χ3v) is 1.97. The Balaban J connectivity index is 2.37. The summed E-state index contributed by atoms with van der Waals surface area (Å²) in [5.41, 5.74) is 5.29. The van der Waals surface area contributed by atoms with Crippen molar-refractivity contribution in [2.75, 3.05) is 0 Å². The van der Waals surface area contributed by atoms with E-state index in [1.165, 1.54) is 18.2 Å². The van der Waals surface area contributed by atoms with Gasteiger partial charge in [0.1, 0.15) is 5.75 Å². The number of hydrazine groups is 1. The van der Waals surface area contributed by atoms with E-state index in [1.54, 1.807) is 12.1 Å². The highest BCUT2D eigenvalue weighted by atomic mass is 16.3. The van der Waals surface area contributed by atoms with E-state index >= 15 is 0 Å². The third kappa shape index (κ3) is 4.83. The van der Waals surface area contributed by atoms with Crippen LogP contribution in [0.25, 0.3) is 0 Å². The zero-order chi connectivity index (χ0) is 12.7. The summed E-state index contributed by atoms with van der Waals surface area (Å²) in [6.45, 7) is 3.41. The van der Waals surface area contributed by atoms with E-state index in [2.05, 4.69) is 17.4 Å². The number of carbonyl (C=O) groups is 2. The molecule has 1 rings (SSSR count). The maximum Gasteiger partial charge on any atom is 0.242 e. The van der Waals surface area contributed by atoms with Gasteiger partial charge in [0.05, 0.1) is 6.42 Å². The lowest BCUT2D eigenvalue weighted by Crippen LogP contribution is -2.42. The molecule has 0 aromatic heterocycles. The van der Waals surface area contributed by atoms with Crippen LogP contribution in [0.5, 0.6) is 5.75 Å². The Labute approximate surface area is 99.1 Å². The van der Waals surface area contributed by atoms with Crippen molar-refractivity contribution < 1.29 is 14.7 Å². The van der Waals surface area contributed by atoms with Gasteiger partial charge in [-0.25, -0.2) is 0 Å². The SMILES string of the molecule is C=CCC(=O)NNC(=O)Cc1ccc(O)cc1. The molecule has 0 aliphatic carbocycles. The van der Waals surface area contributed by atoms with Gasteiger partial charge in [0.25, 0.3) is 0 Å². The summed E-state index contributed by atoms with van der Waals surface area (Å²) in [7, 11) is 0. The van der Waals surface area contributed by atoms with E-state index in [0.717, 1.165) is 5.56 Å². The molecule has 0 aliphatic heterocycles. The van der Waals surface area contributed by atoms with Gasteiger partial charge in [-0.15, -0.1) is 6.58 Å². The van der Waals surface area contributed by atoms with Gasteiger partial charge < -0.3 is 5.11 Å². The van der Waals surface area contributed by atoms with Crippen molar-refractivity contribution in [1.82, 2.24) is 10.9 Å². The first kappa shape index (κ1) is 12.8. The normalized spacial score (nSPS) is 9.41. The first-order valence-electron chi connectivity index (χ1n) is 5.08. The smallest absolute Gasteiger partial charge is 0.242 e. The maximum atomic E-state index is 11.4. The van der Waals surface area contributed by atoms with Gasteiger partial charge in [0.15, 0.2) is 0 Å². The Bertz CT molecular complexity index is 412. The largest absolute Gasteiger partial charge is 0.508 e. The van der Waals surface area contributed by atoms with Crippen LogP contribution in [-0.4, -0.2) is 16.9 Å². The van der Waals surface area contributed by atoms with Crippen LogP contribution in [0, 0.1) is 0 Å². The summed E-state index contributed by atoms with van der Waals surface area (Å²) < 4.78 is 0. The number of benzene rings is 1. The van der Waals surface area contributed by atoms with Gasteiger partial charge in [0.2, 0.25) is 11.8 Å². The van der Waals surface area contributed by atoms with E-state index in [1.807, 2.05) is 0 Å². The fourth-order valence-corrected chi connectivity index (χ4v) is 1.16. The van der Waals surface area contributed by atoms with E-state index in [9.17, 15) is 9.59 Å². The second-order valence-corrected chi connectivity index (χ2v) is 3.43. The molecule has 5 nitrogen and oxygen atoms in total. The van der Waals surface area contributed by atoms with Crippen LogP contribution in [0.2, 0.25) is 0 Å². The number of aromatic hydroxyl groups is 1. The summed E-state index contributed by atoms with van der Waals surface area (Å²) in [5, 5.41) is 9.06. The first-order valence-corrected chi connectivity index (χ1v) is 5.08. The molecule has 0 atom stereocenters. The number of hydrogen-bond donors (Lipinski definition) is 3. The minimum absolute atomic E-state index is 0.134. The Morgan fingerprint density at radius 1 is 1.18 bits per heavy atom. The molecular weight excluding hydrogens is 220 g/mol. The molecule has 0 unspecified atom stereocenters. The van der Waals surface area contributed by atoms with Crippen molar-refractivity contribution in [3.8, 4) is 5.75 Å². The third-order valence-electron chi connectivity index (χ3n) is 1.97. The molecule has 17 heavy (non-hydrogen) atoms. The van der Waals surface area contributed by atoms with Crippen LogP contribution in [0.3, 0.4) is 0 Å². The lowest BCUT2D eigenvalue weighted by molar-refractivity contribution is -0.128. The highest BCUT2D eigenvalue weighted by molar-refractivity contribution is 5.83. The molecule has 3 N–H and O–H groups in total. The van der Waals surface area contributed by atoms with Crippen molar-refractivity contribution >= 4 is 11.8 Å². The summed E-state index contributed by atoms with van der Waals surface area (Å²) in [5.74, 6) is -0.499. The Kier molecular flexibility index (Phi) is 4.75. The highest BCUT2D eigenvalue weighted by Gasteiger charge is 2.04. The molecule has 0 saturated carbocycles. The van der Waals surface area contributed by atoms with Crippen molar-refractivity contribution in [1.29, 1.82) is 0 Å². The minimum atomic E-state index is -0.326. The summed E-state index contributed by atoms with van der Waals surface area (Å²) in [6, 6.07) is 6.28. The monoisotopic (exact) mass is 234 g/mol. The standard InChI is InChI=1S/C12H14N2O3/c1-2-3-11(16)13-14-12(17)8-9-4-6-10(15)7-5-9/h2,4-7,15H,1,3,8H2,(H,13,16)(H,14,17). The fraction of sp³-hybridized carbons (Fsp3) is 0.167. The van der Waals surface area contributed by atoms with Crippen LogP contribution in [0.15, 0.2) is 36.9 Å². The van der Waals surface area contributed by atoms with Gasteiger partial charge in [-0.1, -0.05) is 18.2 Å². The molecule has 0 heterocycles. The van der Waals surface area contributed by atoms with Crippen LogP contribution < -0.4 is 10.9 Å². The summed E-state index contributed by atoms with van der Waals surface area (Å²) in [4.78, 5) is 22.4. The molecule has 1 aromatic carbocycles. The number of hydrogen-bond acceptors (Lipinski definition) is 3. The van der Waals surface area contributed by atoms with Crippen LogP contribution in [0.4, 0.5) is 0 Å². The topological polar surface area (TPSA) is 78.4 Å². The number of nitrogens with one attached hydrogen (secondary N) is 2. The number of rotatable bonds is 4. The van der Waals surface area contributed by atoms with E-state index in [-0.39, 0.29) is 30.4 Å². The maximum absolute atomic E-state index is 11.4. The predicted octanol–water partition coefficient (Wildman–Crippen LogP) is 0.658. The van der Waals surface area contributed by atoms with Crippen LogP contribution in [-0.2, 0) is 16.0 Å². The van der Waals surface area contributed by atoms with Crippen molar-refractivity contribution in [2.24, 2.45) is 0 Å². The number of phenols is 1. The fourth-order valence-electron chi connectivity index (χ4n) is 1.16. The van der Waals surface area contributed by atoms with E-state index in [0.29, 0.717) is 0 Å². The minimum Gasteiger partial charge on any atom is -0.508 e. The van der Waals surface area contributed by atoms with Crippen LogP contribution >= 0.6 is 0 Å². The average Bonchev–Trinajstić information content (AvgIpc) is 2.30. The molecule has 0 fully saturated rings. The zero-order valence-electron chi connectivity index (χ0n) is 9.27. The molecule has 90 valence electrons. The number of carbonyl (C=O) groups excluding carboxylic acids is 2. The molecule has 0 radical (unpaired) electrons. The summed E-state index contributed by atoms with van der Waals surface area (Å²) >= 11 is 0. The van der Waals surface area contributed by atoms with Gasteiger partial charge in [-0.3, -0.25) is 20.4 Å². The first-order chi connectivity index (χ1) is 8.11. The lowest BCUT2D eigenvalue weighted by atomic mass is 10.1. The second-order valence-electron chi connectivity index (χ2n) is 3.43.